The molecule has 0 unspecified atom stereocenters. The molecule has 1 aliphatic heterocycles. The Balaban J connectivity index is 2.15. The molecule has 1 heterocycles. The van der Waals surface area contributed by atoms with Crippen molar-refractivity contribution in [1.82, 2.24) is 5.32 Å². The molecule has 88 valence electrons. The zero-order valence-electron chi connectivity index (χ0n) is 10.8. The fourth-order valence-corrected chi connectivity index (χ4v) is 2.33. The van der Waals surface area contributed by atoms with E-state index in [9.17, 15) is 0 Å². The normalized spacial score (nSPS) is 15.9. The van der Waals surface area contributed by atoms with Crippen molar-refractivity contribution in [2.24, 2.45) is 5.41 Å². The van der Waals surface area contributed by atoms with E-state index in [0.29, 0.717) is 5.41 Å². The van der Waals surface area contributed by atoms with Gasteiger partial charge < -0.3 is 5.32 Å². The van der Waals surface area contributed by atoms with E-state index in [0.717, 1.165) is 13.1 Å². The van der Waals surface area contributed by atoms with Gasteiger partial charge in [0.05, 0.1) is 0 Å². The fraction of sp³-hybridized carbons (Fsp3) is 0.600. The zero-order chi connectivity index (χ0) is 11.6. The molecule has 1 aliphatic rings. The predicted octanol–water partition coefficient (Wildman–Crippen LogP) is 3.31. The van der Waals surface area contributed by atoms with Crippen LogP contribution in [0.1, 0.15) is 43.9 Å². The highest BCUT2D eigenvalue weighted by Gasteiger charge is 2.15. The Hall–Kier alpha value is -0.820. The van der Waals surface area contributed by atoms with Crippen LogP contribution in [0.15, 0.2) is 18.2 Å². The first kappa shape index (κ1) is 11.7. The van der Waals surface area contributed by atoms with E-state index < -0.39 is 0 Å². The van der Waals surface area contributed by atoms with Crippen LogP contribution in [0, 0.1) is 5.41 Å². The number of nitrogens with one attached hydrogen (secondary N) is 1. The van der Waals surface area contributed by atoms with Crippen molar-refractivity contribution in [3.05, 3.63) is 34.9 Å². The summed E-state index contributed by atoms with van der Waals surface area (Å²) in [7, 11) is 0. The van der Waals surface area contributed by atoms with E-state index in [-0.39, 0.29) is 0 Å². The van der Waals surface area contributed by atoms with Crippen LogP contribution in [-0.2, 0) is 19.4 Å². The van der Waals surface area contributed by atoms with Gasteiger partial charge in [-0.15, -0.1) is 0 Å². The Morgan fingerprint density at radius 1 is 1.25 bits per heavy atom. The topological polar surface area (TPSA) is 12.0 Å². The number of rotatable bonds is 2. The monoisotopic (exact) mass is 217 g/mol. The molecule has 0 fully saturated rings. The number of hydrogen-bond acceptors (Lipinski definition) is 1. The Labute approximate surface area is 99.3 Å². The van der Waals surface area contributed by atoms with Crippen molar-refractivity contribution >= 4 is 0 Å². The average molecular weight is 217 g/mol. The molecule has 0 bridgehead atoms. The Kier molecular flexibility index (Phi) is 3.34. The zero-order valence-corrected chi connectivity index (χ0v) is 10.8. The predicted molar refractivity (Wildman–Crippen MR) is 69.6 cm³/mol. The maximum absolute atomic E-state index is 3.48. The van der Waals surface area contributed by atoms with E-state index in [2.05, 4.69) is 44.3 Å². The van der Waals surface area contributed by atoms with E-state index in [1.807, 2.05) is 0 Å². The molecule has 0 saturated carbocycles. The molecule has 0 aromatic heterocycles. The lowest BCUT2D eigenvalue weighted by Gasteiger charge is -2.23. The van der Waals surface area contributed by atoms with Gasteiger partial charge in [-0.25, -0.2) is 0 Å². The fourth-order valence-electron chi connectivity index (χ4n) is 2.33. The first-order valence-electron chi connectivity index (χ1n) is 6.37. The second-order valence-electron chi connectivity index (χ2n) is 6.04. The molecule has 0 amide bonds. The second-order valence-corrected chi connectivity index (χ2v) is 6.04. The molecule has 0 radical (unpaired) electrons. The minimum absolute atomic E-state index is 0.435. The average Bonchev–Trinajstić information content (AvgIpc) is 2.25. The van der Waals surface area contributed by atoms with E-state index in [1.165, 1.54) is 19.3 Å². The number of benzene rings is 1. The van der Waals surface area contributed by atoms with Gasteiger partial charge in [-0.2, -0.15) is 0 Å². The van der Waals surface area contributed by atoms with Crippen molar-refractivity contribution in [2.75, 3.05) is 6.54 Å². The molecule has 0 saturated heterocycles. The van der Waals surface area contributed by atoms with Gasteiger partial charge in [-0.05, 0) is 47.9 Å². The van der Waals surface area contributed by atoms with E-state index >= 15 is 0 Å². The Morgan fingerprint density at radius 3 is 2.81 bits per heavy atom. The van der Waals surface area contributed by atoms with Crippen LogP contribution in [0.25, 0.3) is 0 Å². The van der Waals surface area contributed by atoms with Crippen molar-refractivity contribution in [3.63, 3.8) is 0 Å². The Bertz CT molecular complexity index is 360. The molecule has 1 aromatic carbocycles. The molecular weight excluding hydrogens is 194 g/mol. The summed E-state index contributed by atoms with van der Waals surface area (Å²) in [6.45, 7) is 9.16. The van der Waals surface area contributed by atoms with Gasteiger partial charge >= 0.3 is 0 Å². The lowest BCUT2D eigenvalue weighted by atomic mass is 9.86. The third-order valence-electron chi connectivity index (χ3n) is 3.39. The van der Waals surface area contributed by atoms with Crippen LogP contribution in [-0.4, -0.2) is 6.54 Å². The Morgan fingerprint density at radius 2 is 2.06 bits per heavy atom. The third-order valence-corrected chi connectivity index (χ3v) is 3.39. The van der Waals surface area contributed by atoms with E-state index in [4.69, 9.17) is 0 Å². The molecule has 0 aliphatic carbocycles. The number of fused-ring (bicyclic) bond motifs is 1. The van der Waals surface area contributed by atoms with Crippen molar-refractivity contribution in [3.8, 4) is 0 Å². The van der Waals surface area contributed by atoms with Crippen LogP contribution < -0.4 is 5.32 Å². The highest BCUT2D eigenvalue weighted by atomic mass is 14.9. The molecule has 0 spiro atoms. The van der Waals surface area contributed by atoms with Gasteiger partial charge in [0, 0.05) is 6.54 Å². The second kappa shape index (κ2) is 4.58. The standard InChI is InChI=1S/C15H23N/c1-15(2,3)9-7-12-5-4-6-13-8-10-16-11-14(12)13/h4-6,16H,7-11H2,1-3H3. The van der Waals surface area contributed by atoms with Crippen LogP contribution in [0.3, 0.4) is 0 Å². The lowest BCUT2D eigenvalue weighted by molar-refractivity contribution is 0.377. The van der Waals surface area contributed by atoms with Crippen molar-refractivity contribution in [1.29, 1.82) is 0 Å². The summed E-state index contributed by atoms with van der Waals surface area (Å²) in [6, 6.07) is 6.82. The highest BCUT2D eigenvalue weighted by Crippen LogP contribution is 2.25. The number of hydrogen-bond donors (Lipinski definition) is 1. The number of aryl methyl sites for hydroxylation is 1. The lowest BCUT2D eigenvalue weighted by Crippen LogP contribution is -2.25. The molecule has 1 heteroatoms. The summed E-state index contributed by atoms with van der Waals surface area (Å²) in [4.78, 5) is 0. The van der Waals surface area contributed by atoms with Crippen LogP contribution in [0.5, 0.6) is 0 Å². The quantitative estimate of drug-likeness (QED) is 0.801. The summed E-state index contributed by atoms with van der Waals surface area (Å²) in [5.41, 5.74) is 5.12. The summed E-state index contributed by atoms with van der Waals surface area (Å²) >= 11 is 0. The van der Waals surface area contributed by atoms with Gasteiger partial charge in [0.15, 0.2) is 0 Å². The van der Waals surface area contributed by atoms with Crippen LogP contribution in [0.2, 0.25) is 0 Å². The SMILES string of the molecule is CC(C)(C)CCc1cccc2c1CNCC2. The van der Waals surface area contributed by atoms with Gasteiger partial charge in [-0.1, -0.05) is 39.0 Å². The molecule has 16 heavy (non-hydrogen) atoms. The first-order chi connectivity index (χ1) is 7.56. The molecule has 2 rings (SSSR count). The van der Waals surface area contributed by atoms with Gasteiger partial charge in [0.2, 0.25) is 0 Å². The highest BCUT2D eigenvalue weighted by molar-refractivity contribution is 5.37. The van der Waals surface area contributed by atoms with Gasteiger partial charge in [0.1, 0.15) is 0 Å². The molecular formula is C15H23N. The molecule has 1 N–H and O–H groups in total. The first-order valence-corrected chi connectivity index (χ1v) is 6.37. The smallest absolute Gasteiger partial charge is 0.0211 e. The third kappa shape index (κ3) is 2.85. The summed E-state index contributed by atoms with van der Waals surface area (Å²) in [6.07, 6.45) is 3.68. The summed E-state index contributed by atoms with van der Waals surface area (Å²) < 4.78 is 0. The maximum atomic E-state index is 3.48. The molecule has 1 nitrogen and oxygen atoms in total. The minimum Gasteiger partial charge on any atom is -0.312 e. The minimum atomic E-state index is 0.435. The summed E-state index contributed by atoms with van der Waals surface area (Å²) in [5, 5.41) is 3.48. The van der Waals surface area contributed by atoms with Crippen molar-refractivity contribution < 1.29 is 0 Å². The molecule has 1 aromatic rings. The van der Waals surface area contributed by atoms with Crippen LogP contribution in [0.4, 0.5) is 0 Å². The van der Waals surface area contributed by atoms with Crippen LogP contribution >= 0.6 is 0 Å². The van der Waals surface area contributed by atoms with E-state index in [1.54, 1.807) is 16.7 Å². The van der Waals surface area contributed by atoms with Gasteiger partial charge in [0.25, 0.3) is 0 Å². The maximum Gasteiger partial charge on any atom is 0.0211 e. The van der Waals surface area contributed by atoms with Crippen molar-refractivity contribution in [2.45, 2.75) is 46.6 Å². The molecule has 0 atom stereocenters. The largest absolute Gasteiger partial charge is 0.312 e. The summed E-state index contributed by atoms with van der Waals surface area (Å²) in [5.74, 6) is 0. The van der Waals surface area contributed by atoms with Gasteiger partial charge in [-0.3, -0.25) is 0 Å².